The number of rotatable bonds is 7. The van der Waals surface area contributed by atoms with Crippen LogP contribution in [0, 0.1) is 0 Å². The summed E-state index contributed by atoms with van der Waals surface area (Å²) in [7, 11) is 1.68. The summed E-state index contributed by atoms with van der Waals surface area (Å²) >= 11 is 0. The summed E-state index contributed by atoms with van der Waals surface area (Å²) in [5.74, 6) is 0.851. The van der Waals surface area contributed by atoms with Gasteiger partial charge in [-0.15, -0.1) is 0 Å². The van der Waals surface area contributed by atoms with Crippen molar-refractivity contribution in [3.05, 3.63) is 101 Å². The van der Waals surface area contributed by atoms with E-state index in [0.717, 1.165) is 16.9 Å². The van der Waals surface area contributed by atoms with Crippen LogP contribution < -0.4 is 10.1 Å². The molecule has 3 nitrogen and oxygen atoms in total. The summed E-state index contributed by atoms with van der Waals surface area (Å²) in [5, 5.41) is 13.1. The summed E-state index contributed by atoms with van der Waals surface area (Å²) in [4.78, 5) is 0. The van der Waals surface area contributed by atoms with Gasteiger partial charge >= 0.3 is 0 Å². The number of ether oxygens (including phenoxy) is 1. The highest BCUT2D eigenvalue weighted by atomic mass is 16.5. The molecule has 3 aromatic carbocycles. The lowest BCUT2D eigenvalue weighted by Gasteiger charge is -2.25. The highest BCUT2D eigenvalue weighted by molar-refractivity contribution is 5.36. The van der Waals surface area contributed by atoms with Gasteiger partial charge in [0.05, 0.1) is 19.8 Å². The van der Waals surface area contributed by atoms with E-state index in [1.54, 1.807) is 7.11 Å². The smallest absolute Gasteiger partial charge is 0.118 e. The first-order valence-electron chi connectivity index (χ1n) is 8.86. The molecule has 0 aliphatic heterocycles. The van der Waals surface area contributed by atoms with E-state index in [1.807, 2.05) is 36.4 Å². The van der Waals surface area contributed by atoms with Gasteiger partial charge in [0.1, 0.15) is 5.75 Å². The van der Waals surface area contributed by atoms with Crippen molar-refractivity contribution in [2.24, 2.45) is 0 Å². The number of methoxy groups -OCH3 is 1. The van der Waals surface area contributed by atoms with E-state index >= 15 is 0 Å². The maximum atomic E-state index is 9.40. The van der Waals surface area contributed by atoms with Crippen molar-refractivity contribution in [1.29, 1.82) is 0 Å². The fourth-order valence-corrected chi connectivity index (χ4v) is 3.13. The molecule has 0 aliphatic rings. The standard InChI is InChI=1S/C23H25NO2/c1-17(21-10-6-7-18(15-21)16-25)24-23(19-8-4-3-5-9-19)20-11-13-22(26-2)14-12-20/h3-15,17,23-25H,16H2,1-2H3. The Kier molecular flexibility index (Phi) is 6.05. The van der Waals surface area contributed by atoms with Crippen molar-refractivity contribution in [2.45, 2.75) is 25.6 Å². The molecule has 26 heavy (non-hydrogen) atoms. The molecule has 0 saturated carbocycles. The van der Waals surface area contributed by atoms with Gasteiger partial charge in [-0.25, -0.2) is 0 Å². The van der Waals surface area contributed by atoms with Gasteiger partial charge in [-0.05, 0) is 41.3 Å². The van der Waals surface area contributed by atoms with Crippen molar-refractivity contribution in [3.8, 4) is 5.75 Å². The maximum Gasteiger partial charge on any atom is 0.118 e. The Labute approximate surface area is 155 Å². The Bertz CT molecular complexity index is 815. The predicted molar refractivity (Wildman–Crippen MR) is 105 cm³/mol. The molecular formula is C23H25NO2. The van der Waals surface area contributed by atoms with Gasteiger partial charge in [-0.2, -0.15) is 0 Å². The zero-order chi connectivity index (χ0) is 18.4. The molecule has 0 aliphatic carbocycles. The average Bonchev–Trinajstić information content (AvgIpc) is 2.72. The van der Waals surface area contributed by atoms with Crippen LogP contribution in [-0.4, -0.2) is 12.2 Å². The molecule has 3 aromatic rings. The summed E-state index contributed by atoms with van der Waals surface area (Å²) in [5.41, 5.74) is 4.48. The van der Waals surface area contributed by atoms with E-state index in [4.69, 9.17) is 4.74 Å². The van der Waals surface area contributed by atoms with Gasteiger partial charge in [0, 0.05) is 6.04 Å². The number of hydrogen-bond donors (Lipinski definition) is 2. The highest BCUT2D eigenvalue weighted by Gasteiger charge is 2.17. The third-order valence-corrected chi connectivity index (χ3v) is 4.63. The Morgan fingerprint density at radius 3 is 2.15 bits per heavy atom. The second-order valence-electron chi connectivity index (χ2n) is 6.41. The highest BCUT2D eigenvalue weighted by Crippen LogP contribution is 2.27. The molecule has 3 rings (SSSR count). The lowest BCUT2D eigenvalue weighted by atomic mass is 9.96. The summed E-state index contributed by atoms with van der Waals surface area (Å²) in [6, 6.07) is 26.9. The summed E-state index contributed by atoms with van der Waals surface area (Å²) < 4.78 is 5.29. The van der Waals surface area contributed by atoms with E-state index in [9.17, 15) is 5.11 Å². The molecule has 0 spiro atoms. The Hall–Kier alpha value is -2.62. The van der Waals surface area contributed by atoms with Gasteiger partial charge in [0.2, 0.25) is 0 Å². The minimum absolute atomic E-state index is 0.0567. The lowest BCUT2D eigenvalue weighted by Crippen LogP contribution is -2.25. The molecule has 2 atom stereocenters. The molecule has 2 unspecified atom stereocenters. The molecule has 0 aromatic heterocycles. The van der Waals surface area contributed by atoms with Gasteiger partial charge in [-0.3, -0.25) is 5.32 Å². The SMILES string of the molecule is COc1ccc(C(NC(C)c2cccc(CO)c2)c2ccccc2)cc1. The van der Waals surface area contributed by atoms with Crippen molar-refractivity contribution in [2.75, 3.05) is 7.11 Å². The Balaban J connectivity index is 1.90. The van der Waals surface area contributed by atoms with Crippen LogP contribution in [0.2, 0.25) is 0 Å². The molecule has 0 radical (unpaired) electrons. The number of benzene rings is 3. The minimum Gasteiger partial charge on any atom is -0.497 e. The first-order chi connectivity index (χ1) is 12.7. The third kappa shape index (κ3) is 4.31. The van der Waals surface area contributed by atoms with Crippen molar-refractivity contribution < 1.29 is 9.84 Å². The fourth-order valence-electron chi connectivity index (χ4n) is 3.13. The van der Waals surface area contributed by atoms with Crippen LogP contribution in [0.25, 0.3) is 0 Å². The molecule has 0 amide bonds. The molecule has 0 bridgehead atoms. The van der Waals surface area contributed by atoms with Crippen LogP contribution >= 0.6 is 0 Å². The number of nitrogens with one attached hydrogen (secondary N) is 1. The molecule has 134 valence electrons. The van der Waals surface area contributed by atoms with Crippen LogP contribution in [0.1, 0.15) is 41.3 Å². The van der Waals surface area contributed by atoms with E-state index in [1.165, 1.54) is 11.1 Å². The maximum absolute atomic E-state index is 9.40. The van der Waals surface area contributed by atoms with E-state index < -0.39 is 0 Å². The average molecular weight is 347 g/mol. The second-order valence-corrected chi connectivity index (χ2v) is 6.41. The van der Waals surface area contributed by atoms with Gasteiger partial charge in [-0.1, -0.05) is 66.7 Å². The van der Waals surface area contributed by atoms with Crippen LogP contribution in [0.5, 0.6) is 5.75 Å². The monoisotopic (exact) mass is 347 g/mol. The quantitative estimate of drug-likeness (QED) is 0.655. The first-order valence-corrected chi connectivity index (χ1v) is 8.86. The van der Waals surface area contributed by atoms with Crippen LogP contribution in [-0.2, 0) is 6.61 Å². The van der Waals surface area contributed by atoms with E-state index in [-0.39, 0.29) is 18.7 Å². The molecular weight excluding hydrogens is 322 g/mol. The van der Waals surface area contributed by atoms with Crippen molar-refractivity contribution in [1.82, 2.24) is 5.32 Å². The molecule has 0 saturated heterocycles. The van der Waals surface area contributed by atoms with Crippen LogP contribution in [0.4, 0.5) is 0 Å². The van der Waals surface area contributed by atoms with Crippen molar-refractivity contribution >= 4 is 0 Å². The van der Waals surface area contributed by atoms with Gasteiger partial charge < -0.3 is 9.84 Å². The second kappa shape index (κ2) is 8.65. The normalized spacial score (nSPS) is 13.2. The largest absolute Gasteiger partial charge is 0.497 e. The predicted octanol–water partition coefficient (Wildman–Crippen LogP) is 4.63. The number of aliphatic hydroxyl groups excluding tert-OH is 1. The topological polar surface area (TPSA) is 41.5 Å². The Morgan fingerprint density at radius 2 is 1.50 bits per heavy atom. The summed E-state index contributed by atoms with van der Waals surface area (Å²) in [6.07, 6.45) is 0. The Morgan fingerprint density at radius 1 is 0.846 bits per heavy atom. The first kappa shape index (κ1) is 18.2. The molecule has 0 heterocycles. The third-order valence-electron chi connectivity index (χ3n) is 4.63. The molecule has 3 heteroatoms. The van der Waals surface area contributed by atoms with E-state index in [0.29, 0.717) is 0 Å². The zero-order valence-corrected chi connectivity index (χ0v) is 15.2. The van der Waals surface area contributed by atoms with Gasteiger partial charge in [0.15, 0.2) is 0 Å². The van der Waals surface area contributed by atoms with E-state index in [2.05, 4.69) is 54.7 Å². The minimum atomic E-state index is 0.0567. The zero-order valence-electron chi connectivity index (χ0n) is 15.2. The lowest BCUT2D eigenvalue weighted by molar-refractivity contribution is 0.281. The van der Waals surface area contributed by atoms with Crippen molar-refractivity contribution in [3.63, 3.8) is 0 Å². The number of aliphatic hydroxyl groups is 1. The van der Waals surface area contributed by atoms with Gasteiger partial charge in [0.25, 0.3) is 0 Å². The fraction of sp³-hybridized carbons (Fsp3) is 0.217. The molecule has 2 N–H and O–H groups in total. The van der Waals surface area contributed by atoms with Crippen LogP contribution in [0.3, 0.4) is 0 Å². The molecule has 0 fully saturated rings. The van der Waals surface area contributed by atoms with Crippen LogP contribution in [0.15, 0.2) is 78.9 Å². The number of hydrogen-bond acceptors (Lipinski definition) is 3. The summed E-state index contributed by atoms with van der Waals surface area (Å²) in [6.45, 7) is 2.21.